The number of aromatic amines is 1. The Morgan fingerprint density at radius 3 is 2.74 bits per heavy atom. The lowest BCUT2D eigenvalue weighted by Crippen LogP contribution is -2.20. The van der Waals surface area contributed by atoms with E-state index in [9.17, 15) is 0 Å². The minimum atomic E-state index is 0.513. The third kappa shape index (κ3) is 3.25. The summed E-state index contributed by atoms with van der Waals surface area (Å²) in [5.41, 5.74) is 3.49. The van der Waals surface area contributed by atoms with Crippen LogP contribution in [0, 0.1) is 0 Å². The van der Waals surface area contributed by atoms with Crippen LogP contribution in [0.3, 0.4) is 0 Å². The van der Waals surface area contributed by atoms with Gasteiger partial charge in [0.1, 0.15) is 0 Å². The summed E-state index contributed by atoms with van der Waals surface area (Å²) in [5.74, 6) is 0. The summed E-state index contributed by atoms with van der Waals surface area (Å²) in [6.07, 6.45) is 0. The van der Waals surface area contributed by atoms with Gasteiger partial charge in [-0.05, 0) is 43.9 Å². The fourth-order valence-electron chi connectivity index (χ4n) is 2.77. The highest BCUT2D eigenvalue weighted by Gasteiger charge is 2.06. The van der Waals surface area contributed by atoms with Gasteiger partial charge in [0, 0.05) is 29.4 Å². The van der Waals surface area contributed by atoms with Crippen LogP contribution in [0.25, 0.3) is 21.8 Å². The normalized spacial score (nSPS) is 12.0. The van der Waals surface area contributed by atoms with Crippen LogP contribution < -0.4 is 16.0 Å². The van der Waals surface area contributed by atoms with E-state index in [0.29, 0.717) is 5.11 Å². The molecule has 1 aromatic heterocycles. The van der Waals surface area contributed by atoms with Gasteiger partial charge in [0.25, 0.3) is 0 Å². The Hall–Kier alpha value is -2.24. The fourth-order valence-corrected chi connectivity index (χ4v) is 3.02. The van der Waals surface area contributed by atoms with E-state index < -0.39 is 0 Å². The average molecular weight is 324 g/mol. The van der Waals surface area contributed by atoms with Crippen LogP contribution in [0.1, 0.15) is 12.5 Å². The van der Waals surface area contributed by atoms with E-state index in [2.05, 4.69) is 44.9 Å². The second-order valence-corrected chi connectivity index (χ2v) is 5.75. The molecule has 0 radical (unpaired) electrons. The van der Waals surface area contributed by atoms with Gasteiger partial charge in [0.15, 0.2) is 5.11 Å². The Labute approximate surface area is 140 Å². The summed E-state index contributed by atoms with van der Waals surface area (Å²) in [7, 11) is 1.96. The van der Waals surface area contributed by atoms with Crippen molar-refractivity contribution in [1.29, 1.82) is 0 Å². The second kappa shape index (κ2) is 6.89. The maximum Gasteiger partial charge on any atom is 0.193 e. The van der Waals surface area contributed by atoms with E-state index in [1.807, 2.05) is 32.2 Å². The molecule has 3 aromatic rings. The zero-order valence-corrected chi connectivity index (χ0v) is 14.1. The molecule has 23 heavy (non-hydrogen) atoms. The molecule has 0 spiro atoms. The Kier molecular flexibility index (Phi) is 4.69. The minimum Gasteiger partial charge on any atom is -0.361 e. The van der Waals surface area contributed by atoms with Crippen LogP contribution in [0.4, 0.5) is 0 Å². The topological polar surface area (TPSA) is 52.2 Å². The first kappa shape index (κ1) is 15.6. The molecular weight excluding hydrogens is 304 g/mol. The molecule has 0 fully saturated rings. The number of aromatic nitrogens is 1. The van der Waals surface area contributed by atoms with Crippen molar-refractivity contribution in [3.05, 3.63) is 53.4 Å². The van der Waals surface area contributed by atoms with E-state index in [0.717, 1.165) is 24.0 Å². The zero-order valence-electron chi connectivity index (χ0n) is 13.3. The van der Waals surface area contributed by atoms with Crippen LogP contribution in [-0.4, -0.2) is 23.7 Å². The van der Waals surface area contributed by atoms with Crippen molar-refractivity contribution in [2.24, 2.45) is 4.99 Å². The predicted molar refractivity (Wildman–Crippen MR) is 100 cm³/mol. The Morgan fingerprint density at radius 1 is 1.17 bits per heavy atom. The van der Waals surface area contributed by atoms with Gasteiger partial charge in [0.05, 0.1) is 10.9 Å². The zero-order chi connectivity index (χ0) is 16.2. The van der Waals surface area contributed by atoms with Crippen LogP contribution >= 0.6 is 12.2 Å². The van der Waals surface area contributed by atoms with Crippen LogP contribution in [0.2, 0.25) is 0 Å². The standard InChI is InChI=1S/C18H20N4S/c1-3-20-18(23)21-13-7-5-8-14-15-9-4-6-12(11-19-2)17(15)22-16(14)10-13/h4-10,19,22H,3,11H2,1-2H3,(H,20,23). The fraction of sp³-hybridized carbons (Fsp3) is 0.222. The third-order valence-electron chi connectivity index (χ3n) is 3.74. The lowest BCUT2D eigenvalue weighted by Gasteiger charge is -2.01. The van der Waals surface area contributed by atoms with Crippen molar-refractivity contribution in [3.63, 3.8) is 0 Å². The third-order valence-corrected chi connectivity index (χ3v) is 3.97. The van der Waals surface area contributed by atoms with Crippen molar-refractivity contribution >= 4 is 39.1 Å². The predicted octanol–water partition coefficient (Wildman–Crippen LogP) is 2.84. The summed E-state index contributed by atoms with van der Waals surface area (Å²) < 4.78 is 0. The SMILES string of the molecule is CCNC(=S)N=c1cccc2c(c1)[nH]c1c(CNC)cccc12. The Bertz CT molecular complexity index is 927. The summed E-state index contributed by atoms with van der Waals surface area (Å²) in [6.45, 7) is 3.61. The maximum absolute atomic E-state index is 5.22. The molecule has 0 atom stereocenters. The average Bonchev–Trinajstić information content (AvgIpc) is 2.75. The molecule has 118 valence electrons. The van der Waals surface area contributed by atoms with Crippen LogP contribution in [0.5, 0.6) is 0 Å². The number of hydrogen-bond acceptors (Lipinski definition) is 2. The highest BCUT2D eigenvalue weighted by Crippen LogP contribution is 2.26. The van der Waals surface area contributed by atoms with Crippen molar-refractivity contribution in [2.75, 3.05) is 13.6 Å². The lowest BCUT2D eigenvalue weighted by molar-refractivity contribution is 0.822. The number of para-hydroxylation sites is 1. The molecule has 2 aromatic carbocycles. The highest BCUT2D eigenvalue weighted by atomic mass is 32.1. The van der Waals surface area contributed by atoms with Gasteiger partial charge in [-0.3, -0.25) is 0 Å². The van der Waals surface area contributed by atoms with E-state index in [-0.39, 0.29) is 0 Å². The quantitative estimate of drug-likeness (QED) is 0.649. The van der Waals surface area contributed by atoms with Gasteiger partial charge in [-0.15, -0.1) is 0 Å². The van der Waals surface area contributed by atoms with E-state index in [1.165, 1.54) is 21.9 Å². The van der Waals surface area contributed by atoms with E-state index in [1.54, 1.807) is 0 Å². The molecule has 0 saturated carbocycles. The first-order valence-corrected chi connectivity index (χ1v) is 8.14. The number of fused-ring (bicyclic) bond motifs is 3. The molecule has 4 nitrogen and oxygen atoms in total. The number of benzene rings is 1. The van der Waals surface area contributed by atoms with Crippen LogP contribution in [0.15, 0.2) is 47.5 Å². The number of H-pyrrole nitrogens is 1. The second-order valence-electron chi connectivity index (χ2n) is 5.36. The summed E-state index contributed by atoms with van der Waals surface area (Å²) in [5, 5.41) is 10.0. The molecular formula is C18H20N4S. The monoisotopic (exact) mass is 324 g/mol. The van der Waals surface area contributed by atoms with E-state index in [4.69, 9.17) is 12.2 Å². The first-order valence-electron chi connectivity index (χ1n) is 7.73. The smallest absolute Gasteiger partial charge is 0.193 e. The lowest BCUT2D eigenvalue weighted by atomic mass is 10.1. The molecule has 1 heterocycles. The minimum absolute atomic E-state index is 0.513. The summed E-state index contributed by atoms with van der Waals surface area (Å²) in [4.78, 5) is 7.99. The van der Waals surface area contributed by atoms with Gasteiger partial charge in [-0.1, -0.05) is 30.3 Å². The van der Waals surface area contributed by atoms with E-state index >= 15 is 0 Å². The van der Waals surface area contributed by atoms with Crippen molar-refractivity contribution in [1.82, 2.24) is 15.6 Å². The molecule has 0 saturated heterocycles. The van der Waals surface area contributed by atoms with Crippen LogP contribution in [-0.2, 0) is 6.54 Å². The number of rotatable bonds is 3. The number of nitrogens with zero attached hydrogens (tertiary/aromatic N) is 1. The molecule has 0 unspecified atom stereocenters. The molecule has 3 N–H and O–H groups in total. The van der Waals surface area contributed by atoms with Gasteiger partial charge < -0.3 is 15.6 Å². The number of hydrogen-bond donors (Lipinski definition) is 3. The van der Waals surface area contributed by atoms with Gasteiger partial charge in [-0.25, -0.2) is 4.99 Å². The van der Waals surface area contributed by atoms with Gasteiger partial charge >= 0.3 is 0 Å². The number of nitrogens with one attached hydrogen (secondary N) is 3. The Morgan fingerprint density at radius 2 is 1.96 bits per heavy atom. The molecule has 0 aliphatic rings. The van der Waals surface area contributed by atoms with Gasteiger partial charge in [-0.2, -0.15) is 0 Å². The number of thiocarbonyl (C=S) groups is 1. The first-order chi connectivity index (χ1) is 11.2. The van der Waals surface area contributed by atoms with Gasteiger partial charge in [0.2, 0.25) is 0 Å². The molecule has 0 aliphatic carbocycles. The summed E-state index contributed by atoms with van der Waals surface area (Å²) >= 11 is 5.22. The van der Waals surface area contributed by atoms with Crippen molar-refractivity contribution < 1.29 is 0 Å². The molecule has 5 heteroatoms. The molecule has 3 rings (SSSR count). The highest BCUT2D eigenvalue weighted by molar-refractivity contribution is 7.80. The Balaban J connectivity index is 2.22. The summed E-state index contributed by atoms with van der Waals surface area (Å²) in [6, 6.07) is 14.5. The molecule has 0 aliphatic heterocycles. The largest absolute Gasteiger partial charge is 0.361 e. The maximum atomic E-state index is 5.22. The van der Waals surface area contributed by atoms with Crippen molar-refractivity contribution in [2.45, 2.75) is 13.5 Å². The van der Waals surface area contributed by atoms with Crippen molar-refractivity contribution in [3.8, 4) is 0 Å². The molecule has 0 amide bonds. The molecule has 0 bridgehead atoms.